The minimum absolute atomic E-state index is 0.234. The van der Waals surface area contributed by atoms with E-state index < -0.39 is 0 Å². The topological polar surface area (TPSA) is 76.2 Å². The minimum Gasteiger partial charge on any atom is -0.493 e. The molecule has 0 aliphatic heterocycles. The van der Waals surface area contributed by atoms with Crippen LogP contribution in [0.4, 0.5) is 5.69 Å². The van der Waals surface area contributed by atoms with Gasteiger partial charge in [-0.05, 0) is 24.3 Å². The second-order valence-corrected chi connectivity index (χ2v) is 4.67. The Morgan fingerprint density at radius 1 is 1.18 bits per heavy atom. The van der Waals surface area contributed by atoms with Crippen LogP contribution in [0.5, 0.6) is 11.5 Å². The van der Waals surface area contributed by atoms with Crippen molar-refractivity contribution in [3.63, 3.8) is 0 Å². The number of aromatic nitrogens is 2. The SMILES string of the molecule is COc1cc2cc(C(=O)Nc3cccnc3)[nH]c2cc1OC. The molecule has 0 bridgehead atoms. The molecule has 3 rings (SSSR count). The van der Waals surface area contributed by atoms with Crippen molar-refractivity contribution in [3.8, 4) is 11.5 Å². The number of benzene rings is 1. The van der Waals surface area contributed by atoms with E-state index in [-0.39, 0.29) is 5.91 Å². The van der Waals surface area contributed by atoms with Crippen LogP contribution >= 0.6 is 0 Å². The lowest BCUT2D eigenvalue weighted by molar-refractivity contribution is 0.102. The van der Waals surface area contributed by atoms with E-state index in [1.54, 1.807) is 50.9 Å². The van der Waals surface area contributed by atoms with E-state index in [9.17, 15) is 4.79 Å². The zero-order valence-electron chi connectivity index (χ0n) is 12.2. The van der Waals surface area contributed by atoms with Crippen LogP contribution in [0.2, 0.25) is 0 Å². The molecule has 0 aliphatic rings. The molecule has 6 nitrogen and oxygen atoms in total. The van der Waals surface area contributed by atoms with E-state index in [1.165, 1.54) is 0 Å². The summed E-state index contributed by atoms with van der Waals surface area (Å²) in [7, 11) is 3.15. The fraction of sp³-hybridized carbons (Fsp3) is 0.125. The number of fused-ring (bicyclic) bond motifs is 1. The number of carbonyl (C=O) groups is 1. The summed E-state index contributed by atoms with van der Waals surface area (Å²) >= 11 is 0. The molecule has 3 aromatic rings. The number of ether oxygens (including phenoxy) is 2. The molecule has 0 saturated heterocycles. The second kappa shape index (κ2) is 5.77. The number of amides is 1. The first-order chi connectivity index (χ1) is 10.7. The summed E-state index contributed by atoms with van der Waals surface area (Å²) in [5.41, 5.74) is 1.89. The van der Waals surface area contributed by atoms with E-state index in [1.807, 2.05) is 6.07 Å². The lowest BCUT2D eigenvalue weighted by atomic mass is 10.2. The fourth-order valence-electron chi connectivity index (χ4n) is 2.22. The maximum atomic E-state index is 12.3. The molecule has 6 heteroatoms. The molecular formula is C16H15N3O3. The first kappa shape index (κ1) is 13.9. The van der Waals surface area contributed by atoms with E-state index >= 15 is 0 Å². The Kier molecular flexibility index (Phi) is 3.65. The molecule has 1 amide bonds. The number of H-pyrrole nitrogens is 1. The maximum absolute atomic E-state index is 12.3. The highest BCUT2D eigenvalue weighted by molar-refractivity contribution is 6.06. The molecule has 0 fully saturated rings. The predicted octanol–water partition coefficient (Wildman–Crippen LogP) is 2.83. The molecule has 0 saturated carbocycles. The van der Waals surface area contributed by atoms with Gasteiger partial charge in [-0.2, -0.15) is 0 Å². The molecule has 2 N–H and O–H groups in total. The van der Waals surface area contributed by atoms with Gasteiger partial charge in [0.15, 0.2) is 11.5 Å². The van der Waals surface area contributed by atoms with Gasteiger partial charge in [0.25, 0.3) is 5.91 Å². The summed E-state index contributed by atoms with van der Waals surface area (Å²) < 4.78 is 10.5. The maximum Gasteiger partial charge on any atom is 0.272 e. The molecule has 0 atom stereocenters. The number of nitrogens with one attached hydrogen (secondary N) is 2. The number of anilines is 1. The normalized spacial score (nSPS) is 10.5. The smallest absolute Gasteiger partial charge is 0.272 e. The van der Waals surface area contributed by atoms with Crippen LogP contribution in [-0.2, 0) is 0 Å². The van der Waals surface area contributed by atoms with Gasteiger partial charge < -0.3 is 19.8 Å². The molecule has 22 heavy (non-hydrogen) atoms. The Morgan fingerprint density at radius 3 is 2.64 bits per heavy atom. The van der Waals surface area contributed by atoms with Crippen LogP contribution in [0.1, 0.15) is 10.5 Å². The van der Waals surface area contributed by atoms with Crippen molar-refractivity contribution in [1.29, 1.82) is 0 Å². The third kappa shape index (κ3) is 2.58. The molecule has 0 aliphatic carbocycles. The molecule has 0 unspecified atom stereocenters. The average molecular weight is 297 g/mol. The standard InChI is InChI=1S/C16H15N3O3/c1-21-14-7-10-6-13(19-12(10)8-15(14)22-2)16(20)18-11-4-3-5-17-9-11/h3-9,19H,1-2H3,(H,18,20). The first-order valence-electron chi connectivity index (χ1n) is 6.67. The highest BCUT2D eigenvalue weighted by Crippen LogP contribution is 2.32. The third-order valence-corrected chi connectivity index (χ3v) is 3.29. The quantitative estimate of drug-likeness (QED) is 0.776. The highest BCUT2D eigenvalue weighted by Gasteiger charge is 2.13. The van der Waals surface area contributed by atoms with Crippen molar-refractivity contribution >= 4 is 22.5 Å². The summed E-state index contributed by atoms with van der Waals surface area (Å²) in [5, 5.41) is 3.65. The van der Waals surface area contributed by atoms with Crippen molar-refractivity contribution in [2.45, 2.75) is 0 Å². The van der Waals surface area contributed by atoms with Gasteiger partial charge in [0.2, 0.25) is 0 Å². The largest absolute Gasteiger partial charge is 0.493 e. The molecular weight excluding hydrogens is 282 g/mol. The molecule has 2 aromatic heterocycles. The van der Waals surface area contributed by atoms with Gasteiger partial charge in [-0.15, -0.1) is 0 Å². The number of carbonyl (C=O) groups excluding carboxylic acids is 1. The van der Waals surface area contributed by atoms with Crippen molar-refractivity contribution in [2.75, 3.05) is 19.5 Å². The van der Waals surface area contributed by atoms with Gasteiger partial charge in [-0.1, -0.05) is 0 Å². The predicted molar refractivity (Wildman–Crippen MR) is 83.6 cm³/mol. The molecule has 1 aromatic carbocycles. The minimum atomic E-state index is -0.234. The van der Waals surface area contributed by atoms with Gasteiger partial charge in [-0.25, -0.2) is 0 Å². The Labute approximate surface area is 127 Å². The summed E-state index contributed by atoms with van der Waals surface area (Å²) in [6.45, 7) is 0. The molecule has 0 spiro atoms. The molecule has 2 heterocycles. The summed E-state index contributed by atoms with van der Waals surface area (Å²) in [5.74, 6) is 0.992. The van der Waals surface area contributed by atoms with E-state index in [2.05, 4.69) is 15.3 Å². The van der Waals surface area contributed by atoms with Crippen molar-refractivity contribution in [1.82, 2.24) is 9.97 Å². The lowest BCUT2D eigenvalue weighted by Crippen LogP contribution is -2.12. The van der Waals surface area contributed by atoms with E-state index in [0.717, 1.165) is 10.9 Å². The zero-order chi connectivity index (χ0) is 15.5. The van der Waals surface area contributed by atoms with Gasteiger partial charge in [0, 0.05) is 23.2 Å². The summed E-state index contributed by atoms with van der Waals surface area (Å²) in [6.07, 6.45) is 3.24. The number of aromatic amines is 1. The Bertz CT molecular complexity index is 771. The van der Waals surface area contributed by atoms with Crippen molar-refractivity contribution in [3.05, 3.63) is 48.4 Å². The Morgan fingerprint density at radius 2 is 1.95 bits per heavy atom. The third-order valence-electron chi connectivity index (χ3n) is 3.29. The first-order valence-corrected chi connectivity index (χ1v) is 6.67. The number of hydrogen-bond donors (Lipinski definition) is 2. The summed E-state index contributed by atoms with van der Waals surface area (Å²) in [6, 6.07) is 8.93. The van der Waals surface area contributed by atoms with Crippen LogP contribution in [0, 0.1) is 0 Å². The zero-order valence-corrected chi connectivity index (χ0v) is 12.2. The Balaban J connectivity index is 1.93. The van der Waals surface area contributed by atoms with Crippen LogP contribution in [-0.4, -0.2) is 30.1 Å². The van der Waals surface area contributed by atoms with Gasteiger partial charge in [0.05, 0.1) is 26.1 Å². The number of rotatable bonds is 4. The fourth-order valence-corrected chi connectivity index (χ4v) is 2.22. The molecule has 112 valence electrons. The number of nitrogens with zero attached hydrogens (tertiary/aromatic N) is 1. The number of pyridine rings is 1. The van der Waals surface area contributed by atoms with Gasteiger partial charge in [0.1, 0.15) is 5.69 Å². The molecule has 0 radical (unpaired) electrons. The van der Waals surface area contributed by atoms with Gasteiger partial charge >= 0.3 is 0 Å². The summed E-state index contributed by atoms with van der Waals surface area (Å²) in [4.78, 5) is 19.3. The monoisotopic (exact) mass is 297 g/mol. The van der Waals surface area contributed by atoms with E-state index in [4.69, 9.17) is 9.47 Å². The number of hydrogen-bond acceptors (Lipinski definition) is 4. The highest BCUT2D eigenvalue weighted by atomic mass is 16.5. The lowest BCUT2D eigenvalue weighted by Gasteiger charge is -2.06. The average Bonchev–Trinajstić information content (AvgIpc) is 2.97. The van der Waals surface area contributed by atoms with Crippen molar-refractivity contribution < 1.29 is 14.3 Å². The van der Waals surface area contributed by atoms with Crippen LogP contribution in [0.15, 0.2) is 42.7 Å². The Hall–Kier alpha value is -3.02. The van der Waals surface area contributed by atoms with Gasteiger partial charge in [-0.3, -0.25) is 9.78 Å². The number of methoxy groups -OCH3 is 2. The van der Waals surface area contributed by atoms with Crippen LogP contribution in [0.3, 0.4) is 0 Å². The van der Waals surface area contributed by atoms with E-state index in [0.29, 0.717) is 22.9 Å². The van der Waals surface area contributed by atoms with Crippen molar-refractivity contribution in [2.24, 2.45) is 0 Å². The second-order valence-electron chi connectivity index (χ2n) is 4.67. The van der Waals surface area contributed by atoms with Crippen LogP contribution in [0.25, 0.3) is 10.9 Å². The van der Waals surface area contributed by atoms with Crippen LogP contribution < -0.4 is 14.8 Å².